The predicted molar refractivity (Wildman–Crippen MR) is 89.4 cm³/mol. The van der Waals surface area contributed by atoms with Crippen LogP contribution in [0.25, 0.3) is 0 Å². The molecular formula is C18H32N2O3. The van der Waals surface area contributed by atoms with Gasteiger partial charge in [0.15, 0.2) is 0 Å². The molecule has 1 saturated carbocycles. The third kappa shape index (κ3) is 4.60. The van der Waals surface area contributed by atoms with Crippen LogP contribution in [0.15, 0.2) is 0 Å². The van der Waals surface area contributed by atoms with Crippen LogP contribution >= 0.6 is 0 Å². The van der Waals surface area contributed by atoms with Crippen molar-refractivity contribution in [1.29, 1.82) is 0 Å². The summed E-state index contributed by atoms with van der Waals surface area (Å²) in [7, 11) is 0. The van der Waals surface area contributed by atoms with Gasteiger partial charge in [0, 0.05) is 18.6 Å². The first kappa shape index (κ1) is 17.0. The molecule has 5 nitrogen and oxygen atoms in total. The van der Waals surface area contributed by atoms with E-state index < -0.39 is 5.60 Å². The van der Waals surface area contributed by atoms with E-state index in [9.17, 15) is 4.79 Å². The Hall–Kier alpha value is -0.810. The summed E-state index contributed by atoms with van der Waals surface area (Å²) in [6, 6.07) is 1.01. The first-order valence-electron chi connectivity index (χ1n) is 9.29. The fraction of sp³-hybridized carbons (Fsp3) is 0.944. The first-order valence-corrected chi connectivity index (χ1v) is 9.29. The average Bonchev–Trinajstić information content (AvgIpc) is 3.07. The lowest BCUT2D eigenvalue weighted by Gasteiger charge is -2.36. The number of rotatable bonds is 4. The summed E-state index contributed by atoms with van der Waals surface area (Å²) < 4.78 is 11.3. The highest BCUT2D eigenvalue weighted by Crippen LogP contribution is 2.36. The van der Waals surface area contributed by atoms with Crippen LogP contribution in [-0.4, -0.2) is 42.5 Å². The largest absolute Gasteiger partial charge is 0.444 e. The van der Waals surface area contributed by atoms with Gasteiger partial charge in [-0.15, -0.1) is 0 Å². The fourth-order valence-electron chi connectivity index (χ4n) is 4.29. The maximum atomic E-state index is 11.9. The van der Waals surface area contributed by atoms with E-state index in [1.54, 1.807) is 0 Å². The van der Waals surface area contributed by atoms with E-state index in [-0.39, 0.29) is 6.09 Å². The molecule has 5 unspecified atom stereocenters. The molecule has 3 rings (SSSR count). The van der Waals surface area contributed by atoms with Crippen molar-refractivity contribution in [3.63, 3.8) is 0 Å². The molecule has 0 aromatic heterocycles. The molecule has 0 spiro atoms. The maximum Gasteiger partial charge on any atom is 0.407 e. The molecule has 3 aliphatic rings. The summed E-state index contributed by atoms with van der Waals surface area (Å²) >= 11 is 0. The van der Waals surface area contributed by atoms with Crippen LogP contribution in [0.5, 0.6) is 0 Å². The molecule has 2 bridgehead atoms. The average molecular weight is 324 g/mol. The molecule has 2 heterocycles. The minimum absolute atomic E-state index is 0.301. The maximum absolute atomic E-state index is 11.9. The van der Waals surface area contributed by atoms with E-state index in [1.807, 2.05) is 20.8 Å². The number of ether oxygens (including phenoxy) is 2. The first-order chi connectivity index (χ1) is 10.9. The molecular weight excluding hydrogens is 292 g/mol. The second-order valence-corrected chi connectivity index (χ2v) is 8.42. The van der Waals surface area contributed by atoms with Gasteiger partial charge in [0.1, 0.15) is 5.60 Å². The number of carbonyl (C=O) groups excluding carboxylic acids is 1. The van der Waals surface area contributed by atoms with Gasteiger partial charge in [0.05, 0.1) is 12.2 Å². The smallest absolute Gasteiger partial charge is 0.407 e. The van der Waals surface area contributed by atoms with E-state index in [1.165, 1.54) is 38.5 Å². The molecule has 132 valence electrons. The highest BCUT2D eigenvalue weighted by atomic mass is 16.6. The minimum Gasteiger partial charge on any atom is -0.444 e. The molecule has 23 heavy (non-hydrogen) atoms. The van der Waals surface area contributed by atoms with Gasteiger partial charge in [-0.05, 0) is 58.8 Å². The van der Waals surface area contributed by atoms with Crippen molar-refractivity contribution < 1.29 is 14.3 Å². The molecule has 1 amide bonds. The van der Waals surface area contributed by atoms with Crippen LogP contribution in [0.4, 0.5) is 4.79 Å². The molecule has 2 saturated heterocycles. The monoisotopic (exact) mass is 324 g/mol. The molecule has 3 fully saturated rings. The Morgan fingerprint density at radius 3 is 2.57 bits per heavy atom. The lowest BCUT2D eigenvalue weighted by molar-refractivity contribution is 0.0507. The summed E-state index contributed by atoms with van der Waals surface area (Å²) in [5, 5.41) is 6.82. The van der Waals surface area contributed by atoms with Gasteiger partial charge in [-0.2, -0.15) is 0 Å². The summed E-state index contributed by atoms with van der Waals surface area (Å²) in [4.78, 5) is 11.9. The third-order valence-electron chi connectivity index (χ3n) is 5.35. The normalized spacial score (nSPS) is 36.9. The SMILES string of the molecule is CC(C)(C)OC(=O)NCC1CCCCC1NC1CC2CCC1O2. The zero-order valence-corrected chi connectivity index (χ0v) is 14.8. The van der Waals surface area contributed by atoms with Gasteiger partial charge in [-0.3, -0.25) is 0 Å². The number of carbonyl (C=O) groups is 1. The van der Waals surface area contributed by atoms with Crippen molar-refractivity contribution in [1.82, 2.24) is 10.6 Å². The lowest BCUT2D eigenvalue weighted by Crippen LogP contribution is -2.51. The Morgan fingerprint density at radius 2 is 1.91 bits per heavy atom. The Morgan fingerprint density at radius 1 is 1.13 bits per heavy atom. The van der Waals surface area contributed by atoms with Crippen LogP contribution in [0.3, 0.4) is 0 Å². The molecule has 0 aromatic rings. The molecule has 2 N–H and O–H groups in total. The number of nitrogens with one attached hydrogen (secondary N) is 2. The Bertz CT molecular complexity index is 421. The van der Waals surface area contributed by atoms with Gasteiger partial charge in [0.25, 0.3) is 0 Å². The van der Waals surface area contributed by atoms with Crippen molar-refractivity contribution >= 4 is 6.09 Å². The second-order valence-electron chi connectivity index (χ2n) is 8.42. The van der Waals surface area contributed by atoms with Crippen LogP contribution in [0, 0.1) is 5.92 Å². The Kier molecular flexibility index (Phi) is 5.16. The Balaban J connectivity index is 1.47. The molecule has 5 heteroatoms. The van der Waals surface area contributed by atoms with Crippen LogP contribution in [0.1, 0.15) is 65.7 Å². The van der Waals surface area contributed by atoms with Crippen molar-refractivity contribution in [3.05, 3.63) is 0 Å². The van der Waals surface area contributed by atoms with Crippen LogP contribution in [-0.2, 0) is 9.47 Å². The zero-order valence-electron chi connectivity index (χ0n) is 14.8. The highest BCUT2D eigenvalue weighted by Gasteiger charge is 2.42. The van der Waals surface area contributed by atoms with E-state index in [4.69, 9.17) is 9.47 Å². The van der Waals surface area contributed by atoms with Gasteiger partial charge in [-0.1, -0.05) is 12.8 Å². The molecule has 0 radical (unpaired) electrons. The number of hydrogen-bond donors (Lipinski definition) is 2. The quantitative estimate of drug-likeness (QED) is 0.834. The van der Waals surface area contributed by atoms with Crippen LogP contribution < -0.4 is 10.6 Å². The van der Waals surface area contributed by atoms with E-state index >= 15 is 0 Å². The topological polar surface area (TPSA) is 59.6 Å². The standard InChI is InChI=1S/C18H32N2O3/c1-18(2,3)23-17(21)19-11-12-6-4-5-7-14(12)20-15-10-13-8-9-16(15)22-13/h12-16,20H,4-11H2,1-3H3,(H,19,21). The Labute approximate surface area is 139 Å². The molecule has 5 atom stereocenters. The lowest BCUT2D eigenvalue weighted by atomic mass is 9.83. The minimum atomic E-state index is -0.436. The summed E-state index contributed by atoms with van der Waals surface area (Å²) in [5.74, 6) is 0.496. The van der Waals surface area contributed by atoms with Crippen molar-refractivity contribution in [2.75, 3.05) is 6.54 Å². The summed E-state index contributed by atoms with van der Waals surface area (Å²) in [5.41, 5.74) is -0.436. The summed E-state index contributed by atoms with van der Waals surface area (Å²) in [6.07, 6.45) is 9.12. The predicted octanol–water partition coefficient (Wildman–Crippen LogP) is 2.98. The molecule has 2 aliphatic heterocycles. The van der Waals surface area contributed by atoms with Gasteiger partial charge < -0.3 is 20.1 Å². The summed E-state index contributed by atoms with van der Waals surface area (Å²) in [6.45, 7) is 6.39. The van der Waals surface area contributed by atoms with Crippen molar-refractivity contribution in [2.24, 2.45) is 5.92 Å². The van der Waals surface area contributed by atoms with E-state index in [2.05, 4.69) is 10.6 Å². The molecule has 0 aromatic carbocycles. The number of hydrogen-bond acceptors (Lipinski definition) is 4. The van der Waals surface area contributed by atoms with Gasteiger partial charge in [0.2, 0.25) is 0 Å². The van der Waals surface area contributed by atoms with E-state index in [0.717, 1.165) is 6.42 Å². The van der Waals surface area contributed by atoms with Crippen molar-refractivity contribution in [2.45, 2.75) is 95.6 Å². The second kappa shape index (κ2) is 6.98. The zero-order chi connectivity index (χ0) is 16.4. The van der Waals surface area contributed by atoms with E-state index in [0.29, 0.717) is 36.8 Å². The molecule has 1 aliphatic carbocycles. The third-order valence-corrected chi connectivity index (χ3v) is 5.35. The highest BCUT2D eigenvalue weighted by molar-refractivity contribution is 5.67. The number of amides is 1. The van der Waals surface area contributed by atoms with Crippen LogP contribution in [0.2, 0.25) is 0 Å². The van der Waals surface area contributed by atoms with Gasteiger partial charge >= 0.3 is 6.09 Å². The van der Waals surface area contributed by atoms with Gasteiger partial charge in [-0.25, -0.2) is 4.79 Å². The number of fused-ring (bicyclic) bond motifs is 2. The number of alkyl carbamates (subject to hydrolysis) is 1. The fourth-order valence-corrected chi connectivity index (χ4v) is 4.29. The van der Waals surface area contributed by atoms with Crippen molar-refractivity contribution in [3.8, 4) is 0 Å².